The van der Waals surface area contributed by atoms with Gasteiger partial charge in [-0.1, -0.05) is 163 Å². The van der Waals surface area contributed by atoms with Gasteiger partial charge in [0.25, 0.3) is 0 Å². The maximum atomic E-state index is 9.00. The number of aryl methyl sites for hydroxylation is 5. The number of hydrogen-bond acceptors (Lipinski definition) is 0. The number of fused-ring (bicyclic) bond motifs is 6. The molecule has 0 unspecified atom stereocenters. The summed E-state index contributed by atoms with van der Waals surface area (Å²) in [5.74, 6) is 0. The van der Waals surface area contributed by atoms with Gasteiger partial charge >= 0.3 is 0 Å². The van der Waals surface area contributed by atoms with E-state index < -0.39 is 0 Å². The van der Waals surface area contributed by atoms with Gasteiger partial charge in [-0.3, -0.25) is 0 Å². The van der Waals surface area contributed by atoms with E-state index in [9.17, 15) is 0 Å². The first-order valence-electron chi connectivity index (χ1n) is 26.2. The predicted molar refractivity (Wildman–Crippen MR) is 324 cm³/mol. The van der Waals surface area contributed by atoms with Crippen molar-refractivity contribution in [2.75, 3.05) is 0 Å². The predicted octanol–water partition coefficient (Wildman–Crippen LogP) is 20.5. The number of benzene rings is 11. The Morgan fingerprint density at radius 3 is 1.05 bits per heavy atom. The van der Waals surface area contributed by atoms with E-state index in [0.29, 0.717) is 11.4 Å². The van der Waals surface area contributed by atoms with Crippen molar-refractivity contribution < 1.29 is 0 Å². The monoisotopic (exact) mass is 984 g/mol. The van der Waals surface area contributed by atoms with Crippen molar-refractivity contribution >= 4 is 55.0 Å². The van der Waals surface area contributed by atoms with Crippen LogP contribution in [0.1, 0.15) is 27.8 Å². The molecule has 0 radical (unpaired) electrons. The fraction of sp³-hybridized carbons (Fsp3) is 0.0685. The van der Waals surface area contributed by atoms with Crippen molar-refractivity contribution in [3.63, 3.8) is 0 Å². The molecule has 4 nitrogen and oxygen atoms in total. The summed E-state index contributed by atoms with van der Waals surface area (Å²) in [5.41, 5.74) is 26.4. The van der Waals surface area contributed by atoms with E-state index >= 15 is 0 Å². The van der Waals surface area contributed by atoms with E-state index in [1.165, 1.54) is 44.5 Å². The quantitative estimate of drug-likeness (QED) is 0.135. The minimum absolute atomic E-state index is 0.550. The second kappa shape index (κ2) is 18.7. The van der Waals surface area contributed by atoms with E-state index in [2.05, 4.69) is 254 Å². The maximum Gasteiger partial charge on any atom is 0.197 e. The van der Waals surface area contributed by atoms with Crippen molar-refractivity contribution in [2.24, 2.45) is 0 Å². The van der Waals surface area contributed by atoms with Crippen LogP contribution in [-0.2, 0) is 0 Å². The first-order valence-corrected chi connectivity index (χ1v) is 26.2. The first-order chi connectivity index (χ1) is 37.7. The van der Waals surface area contributed by atoms with Gasteiger partial charge in [-0.15, -0.1) is 0 Å². The molecule has 13 rings (SSSR count). The van der Waals surface area contributed by atoms with Gasteiger partial charge in [-0.25, -0.2) is 9.69 Å². The summed E-state index contributed by atoms with van der Waals surface area (Å²) in [7, 11) is 0. The normalized spacial score (nSPS) is 11.4. The molecule has 4 heteroatoms. The summed E-state index contributed by atoms with van der Waals surface area (Å²) in [6.45, 7) is 27.6. The summed E-state index contributed by atoms with van der Waals surface area (Å²) in [4.78, 5) is 8.17. The lowest BCUT2D eigenvalue weighted by Gasteiger charge is -2.21. The van der Waals surface area contributed by atoms with Crippen LogP contribution in [0, 0.1) is 47.8 Å². The standard InChI is InChI=1S/C73H52N4/c1-45-17-8-12-21-56(45)50-27-34-67-61(40-50)62-41-51(57-22-13-9-18-46(57)2)28-35-68(62)76(67)71-38-31-54(60-33-32-55(74-6)39-49(60)5)44-65(71)73-66(75-7)25-16-26-72(73)77-69-36-29-52(58-23-14-10-19-47(58)3)42-63(69)64-43-53(30-37-70(64)77)59-24-15-11-20-48(59)4/h8-44H,1-5H3. The van der Waals surface area contributed by atoms with Gasteiger partial charge < -0.3 is 9.13 Å². The molecule has 0 saturated heterocycles. The molecule has 0 aliphatic heterocycles. The minimum atomic E-state index is 0.550. The zero-order valence-corrected chi connectivity index (χ0v) is 43.7. The Morgan fingerprint density at radius 1 is 0.286 bits per heavy atom. The Morgan fingerprint density at radius 2 is 0.662 bits per heavy atom. The van der Waals surface area contributed by atoms with Crippen LogP contribution < -0.4 is 0 Å². The van der Waals surface area contributed by atoms with Gasteiger partial charge in [0.2, 0.25) is 0 Å². The van der Waals surface area contributed by atoms with Crippen LogP contribution in [0.5, 0.6) is 0 Å². The van der Waals surface area contributed by atoms with Crippen LogP contribution in [0.2, 0.25) is 0 Å². The van der Waals surface area contributed by atoms with E-state index in [-0.39, 0.29) is 0 Å². The summed E-state index contributed by atoms with van der Waals surface area (Å²) in [5, 5.41) is 4.56. The van der Waals surface area contributed by atoms with Crippen molar-refractivity contribution in [3.05, 3.63) is 275 Å². The molecule has 2 heterocycles. The molecule has 0 aliphatic rings. The molecular weight excluding hydrogens is 933 g/mol. The molecule has 0 saturated carbocycles. The number of aromatic nitrogens is 2. The van der Waals surface area contributed by atoms with Crippen molar-refractivity contribution in [1.29, 1.82) is 0 Å². The van der Waals surface area contributed by atoms with E-state index in [1.54, 1.807) is 0 Å². The Kier molecular flexibility index (Phi) is 11.4. The zero-order chi connectivity index (χ0) is 52.5. The van der Waals surface area contributed by atoms with Gasteiger partial charge in [0.1, 0.15) is 0 Å². The van der Waals surface area contributed by atoms with Gasteiger partial charge in [0, 0.05) is 32.8 Å². The largest absolute Gasteiger partial charge is 0.310 e. The first kappa shape index (κ1) is 46.8. The topological polar surface area (TPSA) is 18.6 Å². The number of nitrogens with zero attached hydrogens (tertiary/aromatic N) is 4. The fourth-order valence-electron chi connectivity index (χ4n) is 12.0. The molecule has 0 amide bonds. The van der Waals surface area contributed by atoms with Crippen LogP contribution in [-0.4, -0.2) is 9.13 Å². The van der Waals surface area contributed by atoms with Crippen molar-refractivity contribution in [3.8, 4) is 78.1 Å². The Labute approximate surface area is 449 Å². The fourth-order valence-corrected chi connectivity index (χ4v) is 12.0. The molecule has 0 bridgehead atoms. The third kappa shape index (κ3) is 7.81. The molecule has 0 atom stereocenters. The average molecular weight is 985 g/mol. The van der Waals surface area contributed by atoms with Crippen LogP contribution in [0.25, 0.3) is 131 Å². The highest BCUT2D eigenvalue weighted by Crippen LogP contribution is 2.48. The average Bonchev–Trinajstić information content (AvgIpc) is 3.99. The SMILES string of the molecule is [C-]#[N+]c1ccc(-c2ccc(-n3c4ccc(-c5ccccc5C)cc4c4cc(-c5ccccc5C)ccc43)c(-c3c([N+]#[C-])cccc3-n3c4ccc(-c5ccccc5C)cc4c4cc(-c5ccccc5C)ccc43)c2)c(C)c1. The second-order valence-corrected chi connectivity index (χ2v) is 20.5. The number of rotatable bonds is 8. The molecular formula is C73H52N4. The third-order valence-electron chi connectivity index (χ3n) is 15.9. The maximum absolute atomic E-state index is 9.00. The van der Waals surface area contributed by atoms with Gasteiger partial charge in [0.15, 0.2) is 11.4 Å². The smallest absolute Gasteiger partial charge is 0.197 e. The highest BCUT2D eigenvalue weighted by molar-refractivity contribution is 6.15. The van der Waals surface area contributed by atoms with Gasteiger partial charge in [-0.05, 0) is 185 Å². The zero-order valence-electron chi connectivity index (χ0n) is 43.7. The summed E-state index contributed by atoms with van der Waals surface area (Å²) >= 11 is 0. The molecule has 0 fully saturated rings. The molecule has 77 heavy (non-hydrogen) atoms. The highest BCUT2D eigenvalue weighted by Gasteiger charge is 2.25. The Balaban J connectivity index is 1.13. The van der Waals surface area contributed by atoms with E-state index in [1.807, 2.05) is 24.3 Å². The van der Waals surface area contributed by atoms with Gasteiger partial charge in [-0.2, -0.15) is 0 Å². The summed E-state index contributed by atoms with van der Waals surface area (Å²) in [6.07, 6.45) is 0. The van der Waals surface area contributed by atoms with Crippen molar-refractivity contribution in [2.45, 2.75) is 34.6 Å². The van der Waals surface area contributed by atoms with Crippen LogP contribution in [0.15, 0.2) is 224 Å². The molecule has 0 spiro atoms. The van der Waals surface area contributed by atoms with Crippen LogP contribution in [0.4, 0.5) is 11.4 Å². The second-order valence-electron chi connectivity index (χ2n) is 20.5. The lowest BCUT2D eigenvalue weighted by molar-refractivity contribution is 1.16. The van der Waals surface area contributed by atoms with Crippen molar-refractivity contribution in [1.82, 2.24) is 9.13 Å². The van der Waals surface area contributed by atoms with Crippen LogP contribution >= 0.6 is 0 Å². The van der Waals surface area contributed by atoms with Crippen LogP contribution in [0.3, 0.4) is 0 Å². The summed E-state index contributed by atoms with van der Waals surface area (Å²) < 4.78 is 4.81. The Hall–Kier alpha value is -10.0. The molecule has 0 aliphatic carbocycles. The molecule has 364 valence electrons. The minimum Gasteiger partial charge on any atom is -0.310 e. The highest BCUT2D eigenvalue weighted by atomic mass is 15.0. The number of hydrogen-bond donors (Lipinski definition) is 0. The summed E-state index contributed by atoms with van der Waals surface area (Å²) in [6, 6.07) is 80.8. The molecule has 13 aromatic rings. The third-order valence-corrected chi connectivity index (χ3v) is 15.9. The van der Waals surface area contributed by atoms with E-state index in [0.717, 1.165) is 105 Å². The Bertz CT molecular complexity index is 4450. The lowest BCUT2D eigenvalue weighted by Crippen LogP contribution is -2.02. The van der Waals surface area contributed by atoms with Gasteiger partial charge in [0.05, 0.1) is 40.9 Å². The van der Waals surface area contributed by atoms with E-state index in [4.69, 9.17) is 13.1 Å². The molecule has 0 N–H and O–H groups in total. The lowest BCUT2D eigenvalue weighted by atomic mass is 9.92. The molecule has 2 aromatic heterocycles. The molecule has 11 aromatic carbocycles.